The molecule has 1 aromatic rings. The van der Waals surface area contributed by atoms with Crippen molar-refractivity contribution in [2.75, 3.05) is 11.1 Å². The molecule has 1 aromatic carbocycles. The van der Waals surface area contributed by atoms with Crippen LogP contribution in [0.2, 0.25) is 0 Å². The van der Waals surface area contributed by atoms with E-state index in [0.29, 0.717) is 24.3 Å². The van der Waals surface area contributed by atoms with Gasteiger partial charge in [-0.15, -0.1) is 11.8 Å². The maximum Gasteiger partial charge on any atom is 0.248 e. The lowest BCUT2D eigenvalue weighted by Crippen LogP contribution is -2.48. The molecular weight excluding hydrogens is 298 g/mol. The highest BCUT2D eigenvalue weighted by atomic mass is 32.2. The molecule has 0 radical (unpaired) electrons. The van der Waals surface area contributed by atoms with Crippen LogP contribution in [0.4, 0.5) is 5.69 Å². The molecule has 0 spiro atoms. The summed E-state index contributed by atoms with van der Waals surface area (Å²) in [5.41, 5.74) is 1.61. The number of amides is 2. The van der Waals surface area contributed by atoms with Crippen LogP contribution < -0.4 is 5.32 Å². The topological polar surface area (TPSA) is 73.2 Å². The van der Waals surface area contributed by atoms with Gasteiger partial charge < -0.3 is 10.2 Å². The monoisotopic (exact) mass is 315 g/mol. The third-order valence-electron chi connectivity index (χ3n) is 4.25. The number of hydrogen-bond donors (Lipinski definition) is 1. The van der Waals surface area contributed by atoms with Gasteiger partial charge in [-0.05, 0) is 31.0 Å². The molecule has 0 aromatic heterocycles. The van der Waals surface area contributed by atoms with Gasteiger partial charge in [-0.3, -0.25) is 9.59 Å². The van der Waals surface area contributed by atoms with E-state index in [9.17, 15) is 9.59 Å². The molecule has 114 valence electrons. The van der Waals surface area contributed by atoms with Crippen molar-refractivity contribution < 1.29 is 9.59 Å². The summed E-state index contributed by atoms with van der Waals surface area (Å²) in [5.74, 6) is 0.567. The number of benzene rings is 1. The molecule has 3 rings (SSSR count). The summed E-state index contributed by atoms with van der Waals surface area (Å²) in [7, 11) is 0. The second kappa shape index (κ2) is 5.65. The van der Waals surface area contributed by atoms with E-state index in [1.807, 2.05) is 19.1 Å². The number of nitrogens with one attached hydrogen (secondary N) is 1. The molecule has 22 heavy (non-hydrogen) atoms. The van der Waals surface area contributed by atoms with E-state index in [2.05, 4.69) is 11.4 Å². The van der Waals surface area contributed by atoms with Gasteiger partial charge in [0.05, 0.1) is 17.4 Å². The molecule has 0 aliphatic carbocycles. The number of carbonyl (C=O) groups excluding carboxylic acids is 2. The minimum Gasteiger partial charge on any atom is -0.324 e. The lowest BCUT2D eigenvalue weighted by atomic mass is 10.1. The fraction of sp³-hybridized carbons (Fsp3) is 0.438. The van der Waals surface area contributed by atoms with Crippen molar-refractivity contribution in [1.82, 2.24) is 4.90 Å². The number of rotatable bonds is 3. The van der Waals surface area contributed by atoms with Crippen LogP contribution in [0.15, 0.2) is 24.3 Å². The molecule has 2 atom stereocenters. The van der Waals surface area contributed by atoms with Crippen LogP contribution in [0.3, 0.4) is 0 Å². The lowest BCUT2D eigenvalue weighted by Gasteiger charge is -2.29. The minimum absolute atomic E-state index is 0.0667. The quantitative estimate of drug-likeness (QED) is 0.927. The Bertz CT molecular complexity index is 652. The van der Waals surface area contributed by atoms with E-state index in [0.717, 1.165) is 12.0 Å². The second-order valence-electron chi connectivity index (χ2n) is 5.79. The van der Waals surface area contributed by atoms with Gasteiger partial charge in [0.1, 0.15) is 6.04 Å². The minimum atomic E-state index is -0.399. The third kappa shape index (κ3) is 2.57. The molecular formula is C16H17N3O2S. The van der Waals surface area contributed by atoms with Crippen LogP contribution in [0.25, 0.3) is 0 Å². The Morgan fingerprint density at radius 3 is 2.91 bits per heavy atom. The van der Waals surface area contributed by atoms with Gasteiger partial charge >= 0.3 is 0 Å². The summed E-state index contributed by atoms with van der Waals surface area (Å²) in [6, 6.07) is 8.92. The molecule has 2 saturated heterocycles. The molecule has 6 heteroatoms. The van der Waals surface area contributed by atoms with Crippen molar-refractivity contribution in [3.63, 3.8) is 0 Å². The predicted octanol–water partition coefficient (Wildman–Crippen LogP) is 2.15. The number of thioether (sulfide) groups is 1. The molecule has 1 N–H and O–H groups in total. The summed E-state index contributed by atoms with van der Waals surface area (Å²) in [6.45, 7) is 2.03. The highest BCUT2D eigenvalue weighted by Crippen LogP contribution is 2.47. The molecule has 2 fully saturated rings. The molecule has 2 aliphatic heterocycles. The smallest absolute Gasteiger partial charge is 0.248 e. The van der Waals surface area contributed by atoms with Gasteiger partial charge in [-0.25, -0.2) is 0 Å². The number of fused-ring (bicyclic) bond motifs is 1. The summed E-state index contributed by atoms with van der Waals surface area (Å²) in [6.07, 6.45) is 1.69. The maximum atomic E-state index is 12.5. The average Bonchev–Trinajstić information content (AvgIpc) is 2.98. The van der Waals surface area contributed by atoms with E-state index in [4.69, 9.17) is 5.26 Å². The van der Waals surface area contributed by atoms with Gasteiger partial charge in [0, 0.05) is 17.9 Å². The number of nitriles is 1. The Hall–Kier alpha value is -2.00. The standard InChI is InChI=1S/C16H17N3O2S/c1-16-8-6-14(20)19(16)13(10-22-16)15(21)18-12-4-2-11(3-5-12)7-9-17/h2-5,13H,6-8,10H2,1H3,(H,18,21)/t13-,16+/m1/s1. The van der Waals surface area contributed by atoms with Crippen LogP contribution in [0.1, 0.15) is 25.3 Å². The van der Waals surface area contributed by atoms with E-state index in [-0.39, 0.29) is 16.7 Å². The van der Waals surface area contributed by atoms with Gasteiger partial charge in [-0.2, -0.15) is 5.26 Å². The first-order valence-electron chi connectivity index (χ1n) is 7.26. The highest BCUT2D eigenvalue weighted by Gasteiger charge is 2.52. The van der Waals surface area contributed by atoms with Crippen LogP contribution in [0.5, 0.6) is 0 Å². The van der Waals surface area contributed by atoms with Crippen molar-refractivity contribution in [3.05, 3.63) is 29.8 Å². The summed E-state index contributed by atoms with van der Waals surface area (Å²) in [5, 5.41) is 11.5. The Kier molecular flexibility index (Phi) is 3.83. The highest BCUT2D eigenvalue weighted by molar-refractivity contribution is 8.01. The molecule has 2 aliphatic rings. The Labute approximate surface area is 133 Å². The van der Waals surface area contributed by atoms with Crippen molar-refractivity contribution in [1.29, 1.82) is 5.26 Å². The van der Waals surface area contributed by atoms with Crippen LogP contribution in [0, 0.1) is 11.3 Å². The molecule has 0 bridgehead atoms. The van der Waals surface area contributed by atoms with Crippen molar-refractivity contribution >= 4 is 29.3 Å². The van der Waals surface area contributed by atoms with Crippen molar-refractivity contribution in [2.45, 2.75) is 37.1 Å². The molecule has 5 nitrogen and oxygen atoms in total. The lowest BCUT2D eigenvalue weighted by molar-refractivity contribution is -0.135. The molecule has 2 heterocycles. The van der Waals surface area contributed by atoms with E-state index < -0.39 is 6.04 Å². The first kappa shape index (κ1) is 14.9. The van der Waals surface area contributed by atoms with Crippen LogP contribution in [-0.2, 0) is 16.0 Å². The zero-order valence-corrected chi connectivity index (χ0v) is 13.2. The predicted molar refractivity (Wildman–Crippen MR) is 85.1 cm³/mol. The summed E-state index contributed by atoms with van der Waals surface area (Å²) < 4.78 is 0. The Balaban J connectivity index is 1.70. The summed E-state index contributed by atoms with van der Waals surface area (Å²) in [4.78, 5) is 26.1. The van der Waals surface area contributed by atoms with E-state index >= 15 is 0 Å². The third-order valence-corrected chi connectivity index (χ3v) is 5.76. The molecule has 0 saturated carbocycles. The van der Waals surface area contributed by atoms with Gasteiger partial charge in [0.2, 0.25) is 11.8 Å². The molecule has 2 amide bonds. The SMILES string of the molecule is C[C@]12CCC(=O)N1[C@@H](C(=O)Nc1ccc(CC#N)cc1)CS2. The summed E-state index contributed by atoms with van der Waals surface area (Å²) >= 11 is 1.68. The Morgan fingerprint density at radius 1 is 1.50 bits per heavy atom. The number of nitrogens with zero attached hydrogens (tertiary/aromatic N) is 2. The first-order valence-corrected chi connectivity index (χ1v) is 8.25. The number of anilines is 1. The number of carbonyl (C=O) groups is 2. The van der Waals surface area contributed by atoms with Crippen LogP contribution >= 0.6 is 11.8 Å². The zero-order valence-electron chi connectivity index (χ0n) is 12.3. The fourth-order valence-corrected chi connectivity index (χ4v) is 4.47. The van der Waals surface area contributed by atoms with Crippen molar-refractivity contribution in [2.24, 2.45) is 0 Å². The average molecular weight is 315 g/mol. The first-order chi connectivity index (χ1) is 10.5. The van der Waals surface area contributed by atoms with E-state index in [1.54, 1.807) is 28.8 Å². The Morgan fingerprint density at radius 2 is 2.23 bits per heavy atom. The van der Waals surface area contributed by atoms with Gasteiger partial charge in [-0.1, -0.05) is 12.1 Å². The van der Waals surface area contributed by atoms with Crippen molar-refractivity contribution in [3.8, 4) is 6.07 Å². The zero-order chi connectivity index (χ0) is 15.7. The fourth-order valence-electron chi connectivity index (χ4n) is 3.04. The normalized spacial score (nSPS) is 26.6. The largest absolute Gasteiger partial charge is 0.324 e. The molecule has 0 unspecified atom stereocenters. The van der Waals surface area contributed by atoms with E-state index in [1.165, 1.54) is 0 Å². The maximum absolute atomic E-state index is 12.5. The van der Waals surface area contributed by atoms with Gasteiger partial charge in [0.25, 0.3) is 0 Å². The van der Waals surface area contributed by atoms with Crippen LogP contribution in [-0.4, -0.2) is 33.4 Å². The van der Waals surface area contributed by atoms with Gasteiger partial charge in [0.15, 0.2) is 0 Å². The number of hydrogen-bond acceptors (Lipinski definition) is 4. The second-order valence-corrected chi connectivity index (χ2v) is 7.29.